The third kappa shape index (κ3) is 5.98. The van der Waals surface area contributed by atoms with Crippen LogP contribution in [0.4, 0.5) is 5.82 Å². The van der Waals surface area contributed by atoms with E-state index >= 15 is 0 Å². The van der Waals surface area contributed by atoms with Crippen molar-refractivity contribution in [3.05, 3.63) is 23.9 Å². The monoisotopic (exact) mass is 334 g/mol. The van der Waals surface area contributed by atoms with Crippen LogP contribution in [0.25, 0.3) is 0 Å². The highest BCUT2D eigenvalue weighted by atomic mass is 16.5. The molecule has 0 saturated carbocycles. The van der Waals surface area contributed by atoms with Crippen LogP contribution in [0.2, 0.25) is 0 Å². The fourth-order valence-corrected chi connectivity index (χ4v) is 2.55. The lowest BCUT2D eigenvalue weighted by Crippen LogP contribution is -2.44. The van der Waals surface area contributed by atoms with Gasteiger partial charge in [0.25, 0.3) is 0 Å². The van der Waals surface area contributed by atoms with Gasteiger partial charge >= 0.3 is 0 Å². The third-order valence-electron chi connectivity index (χ3n) is 4.00. The summed E-state index contributed by atoms with van der Waals surface area (Å²) in [4.78, 5) is 13.9. The first-order valence-corrected chi connectivity index (χ1v) is 8.62. The van der Waals surface area contributed by atoms with Crippen LogP contribution >= 0.6 is 0 Å². The highest BCUT2D eigenvalue weighted by molar-refractivity contribution is 5.79. The molecule has 0 unspecified atom stereocenters. The number of pyridine rings is 1. The Bertz CT molecular complexity index is 514. The molecule has 0 aromatic carbocycles. The lowest BCUT2D eigenvalue weighted by atomic mass is 10.2. The van der Waals surface area contributed by atoms with Crippen molar-refractivity contribution in [1.82, 2.24) is 20.5 Å². The fourth-order valence-electron chi connectivity index (χ4n) is 2.55. The second-order valence-electron chi connectivity index (χ2n) is 5.93. The van der Waals surface area contributed by atoms with E-state index in [-0.39, 0.29) is 0 Å². The van der Waals surface area contributed by atoms with Crippen molar-refractivity contribution in [3.8, 4) is 0 Å². The van der Waals surface area contributed by atoms with Gasteiger partial charge in [-0.3, -0.25) is 0 Å². The molecule has 1 aliphatic heterocycles. The van der Waals surface area contributed by atoms with Gasteiger partial charge in [0.2, 0.25) is 0 Å². The van der Waals surface area contributed by atoms with E-state index in [1.54, 1.807) is 7.11 Å². The maximum absolute atomic E-state index is 5.06. The topological polar surface area (TPSA) is 65.0 Å². The molecule has 0 aliphatic carbocycles. The van der Waals surface area contributed by atoms with Crippen LogP contribution in [0.5, 0.6) is 0 Å². The van der Waals surface area contributed by atoms with Crippen LogP contribution in [-0.4, -0.2) is 75.9 Å². The second-order valence-corrected chi connectivity index (χ2v) is 5.93. The Morgan fingerprint density at radius 1 is 1.29 bits per heavy atom. The second kappa shape index (κ2) is 10.1. The van der Waals surface area contributed by atoms with Gasteiger partial charge < -0.3 is 25.2 Å². The zero-order valence-electron chi connectivity index (χ0n) is 15.1. The van der Waals surface area contributed by atoms with Crippen LogP contribution < -0.4 is 15.5 Å². The predicted molar refractivity (Wildman–Crippen MR) is 98.6 cm³/mol. The van der Waals surface area contributed by atoms with Crippen molar-refractivity contribution in [2.45, 2.75) is 13.5 Å². The SMILES string of the molecule is CCNC(=NCc1ccnc(N2CCN(C)CC2)c1)NCCOC. The van der Waals surface area contributed by atoms with E-state index < -0.39 is 0 Å². The number of hydrogen-bond donors (Lipinski definition) is 2. The number of anilines is 1. The first-order chi connectivity index (χ1) is 11.7. The maximum atomic E-state index is 5.06. The number of methoxy groups -OCH3 is 1. The normalized spacial score (nSPS) is 16.3. The number of guanidine groups is 1. The molecule has 0 atom stereocenters. The van der Waals surface area contributed by atoms with Crippen molar-refractivity contribution < 1.29 is 4.74 Å². The van der Waals surface area contributed by atoms with Crippen molar-refractivity contribution in [3.63, 3.8) is 0 Å². The van der Waals surface area contributed by atoms with E-state index in [2.05, 4.69) is 50.4 Å². The van der Waals surface area contributed by atoms with Crippen molar-refractivity contribution in [2.75, 3.05) is 64.9 Å². The Morgan fingerprint density at radius 2 is 2.08 bits per heavy atom. The Kier molecular flexibility index (Phi) is 7.77. The molecule has 1 aliphatic rings. The number of hydrogen-bond acceptors (Lipinski definition) is 5. The maximum Gasteiger partial charge on any atom is 0.191 e. The largest absolute Gasteiger partial charge is 0.383 e. The smallest absolute Gasteiger partial charge is 0.191 e. The number of rotatable bonds is 7. The molecule has 0 amide bonds. The van der Waals surface area contributed by atoms with Gasteiger partial charge in [0.15, 0.2) is 5.96 Å². The van der Waals surface area contributed by atoms with E-state index in [1.807, 2.05) is 12.3 Å². The number of ether oxygens (including phenoxy) is 1. The van der Waals surface area contributed by atoms with E-state index in [9.17, 15) is 0 Å². The van der Waals surface area contributed by atoms with Gasteiger partial charge in [0.1, 0.15) is 5.82 Å². The summed E-state index contributed by atoms with van der Waals surface area (Å²) in [5, 5.41) is 6.50. The minimum atomic E-state index is 0.631. The van der Waals surface area contributed by atoms with Gasteiger partial charge in [0, 0.05) is 52.6 Å². The predicted octanol–water partition coefficient (Wildman–Crippen LogP) is 0.535. The molecule has 2 rings (SSSR count). The summed E-state index contributed by atoms with van der Waals surface area (Å²) in [6, 6.07) is 4.18. The van der Waals surface area contributed by atoms with Crippen molar-refractivity contribution in [1.29, 1.82) is 0 Å². The van der Waals surface area contributed by atoms with Crippen LogP contribution in [0, 0.1) is 0 Å². The van der Waals surface area contributed by atoms with Gasteiger partial charge in [-0.1, -0.05) is 0 Å². The number of likely N-dealkylation sites (N-methyl/N-ethyl adjacent to an activating group) is 1. The molecular weight excluding hydrogens is 304 g/mol. The van der Waals surface area contributed by atoms with Gasteiger partial charge in [0.05, 0.1) is 13.2 Å². The summed E-state index contributed by atoms with van der Waals surface area (Å²) in [7, 11) is 3.86. The highest BCUT2D eigenvalue weighted by Crippen LogP contribution is 2.15. The number of nitrogens with zero attached hydrogens (tertiary/aromatic N) is 4. The van der Waals surface area contributed by atoms with Crippen LogP contribution in [0.15, 0.2) is 23.3 Å². The number of aliphatic imine (C=N–C) groups is 1. The van der Waals surface area contributed by atoms with Crippen LogP contribution in [0.1, 0.15) is 12.5 Å². The Labute approximate surface area is 145 Å². The molecule has 24 heavy (non-hydrogen) atoms. The van der Waals surface area contributed by atoms with Crippen molar-refractivity contribution >= 4 is 11.8 Å². The molecule has 1 aromatic rings. The van der Waals surface area contributed by atoms with Crippen LogP contribution in [0.3, 0.4) is 0 Å². The molecule has 2 N–H and O–H groups in total. The lowest BCUT2D eigenvalue weighted by molar-refractivity contribution is 0.203. The van der Waals surface area contributed by atoms with E-state index in [4.69, 9.17) is 4.74 Å². The minimum absolute atomic E-state index is 0.631. The minimum Gasteiger partial charge on any atom is -0.383 e. The van der Waals surface area contributed by atoms with Gasteiger partial charge in [-0.25, -0.2) is 9.98 Å². The summed E-state index contributed by atoms with van der Waals surface area (Å²) in [6.07, 6.45) is 1.88. The molecule has 0 spiro atoms. The number of nitrogens with one attached hydrogen (secondary N) is 2. The molecule has 2 heterocycles. The van der Waals surface area contributed by atoms with Gasteiger partial charge in [-0.05, 0) is 31.7 Å². The number of piperazine rings is 1. The molecule has 0 bridgehead atoms. The average Bonchev–Trinajstić information content (AvgIpc) is 2.61. The first kappa shape index (κ1) is 18.5. The zero-order chi connectivity index (χ0) is 17.2. The number of aromatic nitrogens is 1. The average molecular weight is 334 g/mol. The fraction of sp³-hybridized carbons (Fsp3) is 0.647. The molecule has 1 fully saturated rings. The highest BCUT2D eigenvalue weighted by Gasteiger charge is 2.15. The van der Waals surface area contributed by atoms with Gasteiger partial charge in [-0.2, -0.15) is 0 Å². The van der Waals surface area contributed by atoms with E-state index in [1.165, 1.54) is 5.56 Å². The van der Waals surface area contributed by atoms with Crippen molar-refractivity contribution in [2.24, 2.45) is 4.99 Å². The molecule has 134 valence electrons. The summed E-state index contributed by atoms with van der Waals surface area (Å²) >= 11 is 0. The van der Waals surface area contributed by atoms with Gasteiger partial charge in [-0.15, -0.1) is 0 Å². The Morgan fingerprint density at radius 3 is 2.79 bits per heavy atom. The third-order valence-corrected chi connectivity index (χ3v) is 4.00. The quantitative estimate of drug-likeness (QED) is 0.431. The van der Waals surface area contributed by atoms with Crippen LogP contribution in [-0.2, 0) is 11.3 Å². The summed E-state index contributed by atoms with van der Waals surface area (Å²) in [5.74, 6) is 1.86. The molecule has 1 saturated heterocycles. The standard InChI is InChI=1S/C17H30N6O/c1-4-18-17(20-7-12-24-3)21-14-15-5-6-19-16(13-15)23-10-8-22(2)9-11-23/h5-6,13H,4,7-12,14H2,1-3H3,(H2,18,20,21). The summed E-state index contributed by atoms with van der Waals surface area (Å²) < 4.78 is 5.06. The molecule has 7 nitrogen and oxygen atoms in total. The molecule has 0 radical (unpaired) electrons. The molecule has 1 aromatic heterocycles. The van der Waals surface area contributed by atoms with E-state index in [0.717, 1.165) is 51.0 Å². The molecule has 7 heteroatoms. The molecular formula is C17H30N6O. The zero-order valence-corrected chi connectivity index (χ0v) is 15.1. The lowest BCUT2D eigenvalue weighted by Gasteiger charge is -2.33. The summed E-state index contributed by atoms with van der Waals surface area (Å²) in [5.41, 5.74) is 1.17. The van der Waals surface area contributed by atoms with E-state index in [0.29, 0.717) is 13.2 Å². The Balaban J connectivity index is 1.95. The Hall–Kier alpha value is -1.86. The summed E-state index contributed by atoms with van der Waals surface area (Å²) in [6.45, 7) is 9.14. The first-order valence-electron chi connectivity index (χ1n) is 8.62.